The molecule has 5 aliphatic rings. The minimum Gasteiger partial charge on any atom is -0.378 e. The van der Waals surface area contributed by atoms with E-state index in [9.17, 15) is 9.59 Å². The number of hydrogen-bond acceptors (Lipinski definition) is 3. The molecule has 4 saturated carbocycles. The summed E-state index contributed by atoms with van der Waals surface area (Å²) in [4.78, 5) is 27.9. The van der Waals surface area contributed by atoms with Crippen molar-refractivity contribution in [2.75, 3.05) is 23.7 Å². The standard InChI is InChI=1S/C31H39N3O2/c35-29(11-10-22-6-2-1-3-7-22)34-14-12-26(13-15-34)30(36)32-27-8-4-5-9-28(27)33-31-19-23-16-24(20-31)18-25(17-23)21-31/h1-9,23-26,33H,10-21H2,(H,32,36). The molecule has 4 aliphatic carbocycles. The molecule has 0 aromatic heterocycles. The number of carbonyl (C=O) groups excluding carboxylic acids is 2. The Labute approximate surface area is 215 Å². The summed E-state index contributed by atoms with van der Waals surface area (Å²) < 4.78 is 0. The second-order valence-electron chi connectivity index (χ2n) is 12.0. The number of piperidine rings is 1. The maximum atomic E-state index is 13.2. The van der Waals surface area contributed by atoms with Gasteiger partial charge in [0.2, 0.25) is 11.8 Å². The minimum atomic E-state index is -0.0456. The van der Waals surface area contributed by atoms with Gasteiger partial charge < -0.3 is 15.5 Å². The predicted molar refractivity (Wildman–Crippen MR) is 144 cm³/mol. The monoisotopic (exact) mass is 485 g/mol. The maximum Gasteiger partial charge on any atom is 0.227 e. The Bertz CT molecular complexity index is 1050. The van der Waals surface area contributed by atoms with Crippen LogP contribution in [-0.2, 0) is 16.0 Å². The number of nitrogens with zero attached hydrogens (tertiary/aromatic N) is 1. The van der Waals surface area contributed by atoms with Crippen LogP contribution in [0.2, 0.25) is 0 Å². The van der Waals surface area contributed by atoms with Gasteiger partial charge in [0.25, 0.3) is 0 Å². The molecule has 1 heterocycles. The van der Waals surface area contributed by atoms with Crippen LogP contribution >= 0.6 is 0 Å². The molecule has 2 N–H and O–H groups in total. The average Bonchev–Trinajstić information content (AvgIpc) is 2.88. The van der Waals surface area contributed by atoms with Crippen molar-refractivity contribution in [2.45, 2.75) is 69.7 Å². The second-order valence-corrected chi connectivity index (χ2v) is 12.0. The number of likely N-dealkylation sites (tertiary alicyclic amines) is 1. The summed E-state index contributed by atoms with van der Waals surface area (Å²) >= 11 is 0. The van der Waals surface area contributed by atoms with Crippen LogP contribution in [0.1, 0.15) is 63.4 Å². The van der Waals surface area contributed by atoms with Gasteiger partial charge in [-0.3, -0.25) is 9.59 Å². The van der Waals surface area contributed by atoms with Gasteiger partial charge in [0.1, 0.15) is 0 Å². The number of rotatable bonds is 7. The summed E-state index contributed by atoms with van der Waals surface area (Å²) in [6.45, 7) is 1.33. The highest BCUT2D eigenvalue weighted by atomic mass is 16.2. The van der Waals surface area contributed by atoms with Crippen molar-refractivity contribution >= 4 is 23.2 Å². The Morgan fingerprint density at radius 1 is 0.806 bits per heavy atom. The number of nitrogens with one attached hydrogen (secondary N) is 2. The van der Waals surface area contributed by atoms with Crippen LogP contribution in [0.25, 0.3) is 0 Å². The van der Waals surface area contributed by atoms with E-state index in [1.165, 1.54) is 44.1 Å². The zero-order chi connectivity index (χ0) is 24.5. The largest absolute Gasteiger partial charge is 0.378 e. The molecule has 0 spiro atoms. The smallest absolute Gasteiger partial charge is 0.227 e. The zero-order valence-electron chi connectivity index (χ0n) is 21.3. The summed E-state index contributed by atoms with van der Waals surface area (Å²) in [6.07, 6.45) is 10.9. The van der Waals surface area contributed by atoms with Gasteiger partial charge in [0.05, 0.1) is 11.4 Å². The summed E-state index contributed by atoms with van der Waals surface area (Å²) in [7, 11) is 0. The van der Waals surface area contributed by atoms with Gasteiger partial charge in [0, 0.05) is 31.0 Å². The first-order chi connectivity index (χ1) is 17.6. The number of benzene rings is 2. The van der Waals surface area contributed by atoms with Crippen molar-refractivity contribution in [1.29, 1.82) is 0 Å². The molecule has 0 atom stereocenters. The third-order valence-electron chi connectivity index (χ3n) is 9.31. The van der Waals surface area contributed by atoms with Crippen LogP contribution in [0.5, 0.6) is 0 Å². The van der Waals surface area contributed by atoms with Crippen LogP contribution in [0.4, 0.5) is 11.4 Å². The van der Waals surface area contributed by atoms with E-state index >= 15 is 0 Å². The van der Waals surface area contributed by atoms with Crippen LogP contribution in [-0.4, -0.2) is 35.3 Å². The van der Waals surface area contributed by atoms with E-state index in [2.05, 4.69) is 34.9 Å². The molecule has 5 heteroatoms. The fourth-order valence-electron chi connectivity index (χ4n) is 7.93. The first kappa shape index (κ1) is 23.6. The normalized spacial score (nSPS) is 29.2. The Balaban J connectivity index is 1.03. The molecule has 5 nitrogen and oxygen atoms in total. The highest BCUT2D eigenvalue weighted by molar-refractivity contribution is 5.96. The van der Waals surface area contributed by atoms with E-state index in [0.29, 0.717) is 19.5 Å². The topological polar surface area (TPSA) is 61.4 Å². The zero-order valence-corrected chi connectivity index (χ0v) is 21.3. The summed E-state index contributed by atoms with van der Waals surface area (Å²) in [5, 5.41) is 7.19. The predicted octanol–water partition coefficient (Wildman–Crippen LogP) is 5.88. The molecule has 5 fully saturated rings. The lowest BCUT2D eigenvalue weighted by atomic mass is 9.53. The molecule has 7 rings (SSSR count). The van der Waals surface area contributed by atoms with Gasteiger partial charge in [-0.1, -0.05) is 42.5 Å². The molecule has 2 amide bonds. The highest BCUT2D eigenvalue weighted by Gasteiger charge is 2.51. The van der Waals surface area contributed by atoms with Crippen molar-refractivity contribution in [3.63, 3.8) is 0 Å². The number of aryl methyl sites for hydroxylation is 1. The van der Waals surface area contributed by atoms with Crippen molar-refractivity contribution < 1.29 is 9.59 Å². The molecule has 1 saturated heterocycles. The number of amides is 2. The quantitative estimate of drug-likeness (QED) is 0.515. The van der Waals surface area contributed by atoms with Crippen molar-refractivity contribution in [3.05, 3.63) is 60.2 Å². The molecule has 4 bridgehead atoms. The van der Waals surface area contributed by atoms with Crippen molar-refractivity contribution in [3.8, 4) is 0 Å². The van der Waals surface area contributed by atoms with Crippen molar-refractivity contribution in [2.24, 2.45) is 23.7 Å². The van der Waals surface area contributed by atoms with E-state index < -0.39 is 0 Å². The maximum absolute atomic E-state index is 13.2. The molecule has 1 aliphatic heterocycles. The fraction of sp³-hybridized carbons (Fsp3) is 0.548. The van der Waals surface area contributed by atoms with E-state index in [-0.39, 0.29) is 23.3 Å². The SMILES string of the molecule is O=C(Nc1ccccc1NC12CC3CC(CC(C3)C1)C2)C1CCN(C(=O)CCc2ccccc2)CC1. The Morgan fingerprint density at radius 3 is 2.03 bits per heavy atom. The van der Waals surface area contributed by atoms with Gasteiger partial charge in [-0.2, -0.15) is 0 Å². The van der Waals surface area contributed by atoms with E-state index in [0.717, 1.165) is 48.4 Å². The van der Waals surface area contributed by atoms with Gasteiger partial charge in [-0.15, -0.1) is 0 Å². The lowest BCUT2D eigenvalue weighted by Gasteiger charge is -2.57. The third-order valence-corrected chi connectivity index (χ3v) is 9.31. The Kier molecular flexibility index (Phi) is 6.49. The van der Waals surface area contributed by atoms with Gasteiger partial charge in [-0.25, -0.2) is 0 Å². The van der Waals surface area contributed by atoms with Crippen molar-refractivity contribution in [1.82, 2.24) is 4.90 Å². The van der Waals surface area contributed by atoms with E-state index in [1.54, 1.807) is 0 Å². The first-order valence-corrected chi connectivity index (χ1v) is 14.0. The second kappa shape index (κ2) is 9.91. The number of carbonyl (C=O) groups is 2. The number of para-hydroxylation sites is 2. The molecule has 0 unspecified atom stereocenters. The van der Waals surface area contributed by atoms with Gasteiger partial charge in [0.15, 0.2) is 0 Å². The fourth-order valence-corrected chi connectivity index (χ4v) is 7.93. The highest BCUT2D eigenvalue weighted by Crippen LogP contribution is 2.56. The summed E-state index contributed by atoms with van der Waals surface area (Å²) in [5.74, 6) is 2.88. The van der Waals surface area contributed by atoms with Crippen LogP contribution < -0.4 is 10.6 Å². The molecule has 2 aromatic carbocycles. The number of anilines is 2. The molecular formula is C31H39N3O2. The molecule has 190 valence electrons. The minimum absolute atomic E-state index is 0.0456. The van der Waals surface area contributed by atoms with Gasteiger partial charge in [-0.05, 0) is 93.2 Å². The first-order valence-electron chi connectivity index (χ1n) is 14.0. The molecule has 2 aromatic rings. The average molecular weight is 486 g/mol. The third kappa shape index (κ3) is 5.02. The Hall–Kier alpha value is -2.82. The van der Waals surface area contributed by atoms with E-state index in [1.807, 2.05) is 35.2 Å². The lowest BCUT2D eigenvalue weighted by Crippen LogP contribution is -2.54. The van der Waals surface area contributed by atoms with E-state index in [4.69, 9.17) is 0 Å². The molecule has 0 radical (unpaired) electrons. The van der Waals surface area contributed by atoms with Crippen LogP contribution in [0, 0.1) is 23.7 Å². The summed E-state index contributed by atoms with van der Waals surface area (Å²) in [6, 6.07) is 18.4. The van der Waals surface area contributed by atoms with Crippen LogP contribution in [0.15, 0.2) is 54.6 Å². The molecular weight excluding hydrogens is 446 g/mol. The molecule has 36 heavy (non-hydrogen) atoms. The Morgan fingerprint density at radius 2 is 1.39 bits per heavy atom. The summed E-state index contributed by atoms with van der Waals surface area (Å²) in [5.41, 5.74) is 3.38. The lowest BCUT2D eigenvalue weighted by molar-refractivity contribution is -0.134. The van der Waals surface area contributed by atoms with Crippen LogP contribution in [0.3, 0.4) is 0 Å². The number of hydrogen-bond donors (Lipinski definition) is 2. The van der Waals surface area contributed by atoms with Gasteiger partial charge >= 0.3 is 0 Å².